The normalized spacial score (nSPS) is 28.5. The van der Waals surface area contributed by atoms with Crippen molar-refractivity contribution < 1.29 is 19.1 Å². The molecule has 2 rings (SSSR count). The SMILES string of the molecule is C=CCN(C(=O)OC(C)(C)C)[C@@H]1[C@H](C(=O)OCC)[C@H]2C=C[C@@H]1C2. The second kappa shape index (κ2) is 6.77. The Hall–Kier alpha value is -1.78. The Morgan fingerprint density at radius 3 is 2.52 bits per heavy atom. The van der Waals surface area contributed by atoms with Crippen LogP contribution in [0.25, 0.3) is 0 Å². The first kappa shape index (κ1) is 17.6. The fourth-order valence-electron chi connectivity index (χ4n) is 3.55. The zero-order valence-corrected chi connectivity index (χ0v) is 14.5. The quantitative estimate of drug-likeness (QED) is 0.576. The maximum atomic E-state index is 12.6. The lowest BCUT2D eigenvalue weighted by Gasteiger charge is -2.37. The van der Waals surface area contributed by atoms with Crippen LogP contribution >= 0.6 is 0 Å². The molecule has 2 aliphatic carbocycles. The van der Waals surface area contributed by atoms with Crippen LogP contribution in [0.3, 0.4) is 0 Å². The van der Waals surface area contributed by atoms with E-state index in [0.29, 0.717) is 13.2 Å². The van der Waals surface area contributed by atoms with Crippen LogP contribution in [0, 0.1) is 17.8 Å². The van der Waals surface area contributed by atoms with Crippen LogP contribution in [0.2, 0.25) is 0 Å². The summed E-state index contributed by atoms with van der Waals surface area (Å²) < 4.78 is 10.8. The Morgan fingerprint density at radius 2 is 1.96 bits per heavy atom. The molecule has 1 amide bonds. The number of amides is 1. The number of carbonyl (C=O) groups excluding carboxylic acids is 2. The van der Waals surface area contributed by atoms with Crippen LogP contribution < -0.4 is 0 Å². The molecule has 1 saturated carbocycles. The molecule has 5 nitrogen and oxygen atoms in total. The van der Waals surface area contributed by atoms with Crippen molar-refractivity contribution in [2.24, 2.45) is 17.8 Å². The fourth-order valence-corrected chi connectivity index (χ4v) is 3.55. The molecule has 0 radical (unpaired) electrons. The monoisotopic (exact) mass is 321 g/mol. The minimum Gasteiger partial charge on any atom is -0.466 e. The molecule has 0 unspecified atom stereocenters. The molecular weight excluding hydrogens is 294 g/mol. The third kappa shape index (κ3) is 3.77. The Kier molecular flexibility index (Phi) is 5.17. The Morgan fingerprint density at radius 1 is 1.30 bits per heavy atom. The summed E-state index contributed by atoms with van der Waals surface area (Å²) in [5.41, 5.74) is -0.580. The maximum absolute atomic E-state index is 12.6. The summed E-state index contributed by atoms with van der Waals surface area (Å²) in [4.78, 5) is 26.7. The van der Waals surface area contributed by atoms with Gasteiger partial charge in [-0.1, -0.05) is 18.2 Å². The topological polar surface area (TPSA) is 55.8 Å². The Bertz CT molecular complexity index is 506. The van der Waals surface area contributed by atoms with Gasteiger partial charge in [-0.2, -0.15) is 0 Å². The molecule has 0 aromatic heterocycles. The predicted molar refractivity (Wildman–Crippen MR) is 87.8 cm³/mol. The van der Waals surface area contributed by atoms with Gasteiger partial charge in [-0.15, -0.1) is 6.58 Å². The summed E-state index contributed by atoms with van der Waals surface area (Å²) in [6.45, 7) is 11.7. The van der Waals surface area contributed by atoms with Crippen LogP contribution in [-0.4, -0.2) is 41.8 Å². The van der Waals surface area contributed by atoms with E-state index in [1.807, 2.05) is 20.8 Å². The van der Waals surface area contributed by atoms with Crippen LogP contribution in [-0.2, 0) is 14.3 Å². The molecule has 4 atom stereocenters. The number of fused-ring (bicyclic) bond motifs is 2. The lowest BCUT2D eigenvalue weighted by molar-refractivity contribution is -0.151. The van der Waals surface area contributed by atoms with E-state index in [-0.39, 0.29) is 29.8 Å². The number of hydrogen-bond acceptors (Lipinski definition) is 4. The first-order valence-electron chi connectivity index (χ1n) is 8.24. The molecule has 128 valence electrons. The van der Waals surface area contributed by atoms with Crippen LogP contribution in [0.5, 0.6) is 0 Å². The molecule has 23 heavy (non-hydrogen) atoms. The number of allylic oxidation sites excluding steroid dienone is 1. The van der Waals surface area contributed by atoms with Gasteiger partial charge in [-0.05, 0) is 46.0 Å². The highest BCUT2D eigenvalue weighted by molar-refractivity contribution is 5.77. The van der Waals surface area contributed by atoms with Gasteiger partial charge >= 0.3 is 12.1 Å². The van der Waals surface area contributed by atoms with Crippen molar-refractivity contribution in [2.45, 2.75) is 45.8 Å². The average Bonchev–Trinajstić information content (AvgIpc) is 3.03. The van der Waals surface area contributed by atoms with Gasteiger partial charge in [0.2, 0.25) is 0 Å². The Balaban J connectivity index is 2.25. The van der Waals surface area contributed by atoms with Gasteiger partial charge in [0.05, 0.1) is 18.6 Å². The van der Waals surface area contributed by atoms with E-state index in [0.717, 1.165) is 6.42 Å². The zero-order valence-electron chi connectivity index (χ0n) is 14.5. The van der Waals surface area contributed by atoms with E-state index in [9.17, 15) is 9.59 Å². The van der Waals surface area contributed by atoms with Gasteiger partial charge in [0.15, 0.2) is 0 Å². The van der Waals surface area contributed by atoms with Gasteiger partial charge in [-0.3, -0.25) is 4.79 Å². The van der Waals surface area contributed by atoms with Gasteiger partial charge < -0.3 is 14.4 Å². The van der Waals surface area contributed by atoms with E-state index in [1.54, 1.807) is 17.9 Å². The van der Waals surface area contributed by atoms with Crippen molar-refractivity contribution >= 4 is 12.1 Å². The van der Waals surface area contributed by atoms with Crippen molar-refractivity contribution in [2.75, 3.05) is 13.2 Å². The number of hydrogen-bond donors (Lipinski definition) is 0. The number of esters is 1. The lowest BCUT2D eigenvalue weighted by atomic mass is 9.88. The highest BCUT2D eigenvalue weighted by Crippen LogP contribution is 2.47. The van der Waals surface area contributed by atoms with Crippen LogP contribution in [0.1, 0.15) is 34.1 Å². The molecule has 2 bridgehead atoms. The second-order valence-corrected chi connectivity index (χ2v) is 7.14. The molecule has 0 aromatic rings. The molecule has 0 heterocycles. The molecule has 0 aromatic carbocycles. The largest absolute Gasteiger partial charge is 0.466 e. The van der Waals surface area contributed by atoms with Crippen molar-refractivity contribution in [1.29, 1.82) is 0 Å². The lowest BCUT2D eigenvalue weighted by Crippen LogP contribution is -2.50. The summed E-state index contributed by atoms with van der Waals surface area (Å²) in [5.74, 6) is -0.245. The molecule has 1 fully saturated rings. The molecule has 5 heteroatoms. The first-order valence-corrected chi connectivity index (χ1v) is 8.24. The van der Waals surface area contributed by atoms with Crippen LogP contribution in [0.4, 0.5) is 4.79 Å². The summed E-state index contributed by atoms with van der Waals surface area (Å²) in [6.07, 6.45) is 6.32. The number of nitrogens with zero attached hydrogens (tertiary/aromatic N) is 1. The van der Waals surface area contributed by atoms with Gasteiger partial charge in [0.1, 0.15) is 5.60 Å². The highest BCUT2D eigenvalue weighted by atomic mass is 16.6. The summed E-state index contributed by atoms with van der Waals surface area (Å²) in [5, 5.41) is 0. The maximum Gasteiger partial charge on any atom is 0.410 e. The molecule has 0 aliphatic heterocycles. The van der Waals surface area contributed by atoms with Gasteiger partial charge in [0.25, 0.3) is 0 Å². The van der Waals surface area contributed by atoms with E-state index >= 15 is 0 Å². The minimum atomic E-state index is -0.580. The average molecular weight is 321 g/mol. The van der Waals surface area contributed by atoms with Gasteiger partial charge in [0, 0.05) is 6.54 Å². The van der Waals surface area contributed by atoms with E-state index in [1.165, 1.54) is 0 Å². The summed E-state index contributed by atoms with van der Waals surface area (Å²) in [7, 11) is 0. The number of rotatable bonds is 5. The van der Waals surface area contributed by atoms with Crippen LogP contribution in [0.15, 0.2) is 24.8 Å². The molecular formula is C18H27NO4. The van der Waals surface area contributed by atoms with Crippen molar-refractivity contribution in [3.8, 4) is 0 Å². The van der Waals surface area contributed by atoms with E-state index < -0.39 is 11.7 Å². The highest BCUT2D eigenvalue weighted by Gasteiger charge is 2.52. The molecule has 0 saturated heterocycles. The van der Waals surface area contributed by atoms with Crippen molar-refractivity contribution in [3.05, 3.63) is 24.8 Å². The van der Waals surface area contributed by atoms with Crippen molar-refractivity contribution in [1.82, 2.24) is 4.90 Å². The fraction of sp³-hybridized carbons (Fsp3) is 0.667. The smallest absolute Gasteiger partial charge is 0.410 e. The zero-order chi connectivity index (χ0) is 17.2. The molecule has 0 N–H and O–H groups in total. The Labute approximate surface area is 138 Å². The third-order valence-corrected chi connectivity index (χ3v) is 4.29. The summed E-state index contributed by atoms with van der Waals surface area (Å²) in [6, 6.07) is -0.225. The first-order chi connectivity index (χ1) is 10.8. The summed E-state index contributed by atoms with van der Waals surface area (Å²) >= 11 is 0. The van der Waals surface area contributed by atoms with E-state index in [4.69, 9.17) is 9.47 Å². The number of carbonyl (C=O) groups is 2. The second-order valence-electron chi connectivity index (χ2n) is 7.14. The van der Waals surface area contributed by atoms with E-state index in [2.05, 4.69) is 18.7 Å². The predicted octanol–water partition coefficient (Wildman–Crippen LogP) is 3.16. The molecule has 2 aliphatic rings. The number of ether oxygens (including phenoxy) is 2. The van der Waals surface area contributed by atoms with Crippen molar-refractivity contribution in [3.63, 3.8) is 0 Å². The standard InChI is InChI=1S/C18H27NO4/c1-6-10-19(17(21)23-18(3,4)5)15-13-9-8-12(11-13)14(15)16(20)22-7-2/h6,8-9,12-15H,1,7,10-11H2,2-5H3/t12-,13+,14+,15-/m0/s1. The molecule has 0 spiro atoms. The van der Waals surface area contributed by atoms with Gasteiger partial charge in [-0.25, -0.2) is 4.79 Å². The third-order valence-electron chi connectivity index (χ3n) is 4.29. The minimum absolute atomic E-state index is 0.138.